The van der Waals surface area contributed by atoms with Crippen LogP contribution in [0.3, 0.4) is 0 Å². The molecule has 3 aliphatic rings. The molecule has 2 atom stereocenters. The van der Waals surface area contributed by atoms with Gasteiger partial charge in [0, 0.05) is 23.5 Å². The van der Waals surface area contributed by atoms with Gasteiger partial charge in [-0.1, -0.05) is 26.7 Å². The van der Waals surface area contributed by atoms with Crippen LogP contribution in [0.2, 0.25) is 0 Å². The fourth-order valence-electron chi connectivity index (χ4n) is 4.87. The molecule has 0 aromatic heterocycles. The van der Waals surface area contributed by atoms with Crippen molar-refractivity contribution in [3.63, 3.8) is 0 Å². The molecule has 3 fully saturated rings. The highest BCUT2D eigenvalue weighted by Crippen LogP contribution is 2.55. The third-order valence-electron chi connectivity index (χ3n) is 5.30. The van der Waals surface area contributed by atoms with E-state index in [9.17, 15) is 9.59 Å². The van der Waals surface area contributed by atoms with E-state index in [1.807, 2.05) is 11.8 Å². The van der Waals surface area contributed by atoms with E-state index >= 15 is 0 Å². The summed E-state index contributed by atoms with van der Waals surface area (Å²) in [7, 11) is 0. The number of hydrogen-bond donors (Lipinski definition) is 1. The average molecular weight is 295 g/mol. The molecule has 2 amide bonds. The number of nitrogens with one attached hydrogen (secondary N) is 1. The first-order chi connectivity index (χ1) is 9.42. The topological polar surface area (TPSA) is 46.2 Å². The summed E-state index contributed by atoms with van der Waals surface area (Å²) in [5.74, 6) is 2.65. The molecule has 0 bridgehead atoms. The van der Waals surface area contributed by atoms with Gasteiger partial charge >= 0.3 is 0 Å². The van der Waals surface area contributed by atoms with E-state index in [1.54, 1.807) is 0 Å². The lowest BCUT2D eigenvalue weighted by atomic mass is 9.59. The van der Waals surface area contributed by atoms with Crippen molar-refractivity contribution >= 4 is 23.6 Å². The van der Waals surface area contributed by atoms with Crippen LogP contribution in [0.25, 0.3) is 0 Å². The Morgan fingerprint density at radius 1 is 1.15 bits per heavy atom. The minimum Gasteiger partial charge on any atom is -0.296 e. The molecule has 1 N–H and O–H groups in total. The summed E-state index contributed by atoms with van der Waals surface area (Å²) in [5.41, 5.74) is 0.151. The first kappa shape index (κ1) is 14.4. The molecule has 2 saturated heterocycles. The monoisotopic (exact) mass is 295 g/mol. The van der Waals surface area contributed by atoms with Crippen LogP contribution in [0.5, 0.6) is 0 Å². The molecular weight excluding hydrogens is 270 g/mol. The van der Waals surface area contributed by atoms with Gasteiger partial charge in [-0.2, -0.15) is 11.8 Å². The number of amides is 2. The summed E-state index contributed by atoms with van der Waals surface area (Å²) in [6, 6.07) is 0. The summed E-state index contributed by atoms with van der Waals surface area (Å²) < 4.78 is 0. The molecule has 112 valence electrons. The van der Waals surface area contributed by atoms with Crippen molar-refractivity contribution in [2.75, 3.05) is 11.5 Å². The van der Waals surface area contributed by atoms with Gasteiger partial charge in [-0.25, -0.2) is 0 Å². The van der Waals surface area contributed by atoms with E-state index in [0.29, 0.717) is 12.3 Å². The van der Waals surface area contributed by atoms with Crippen molar-refractivity contribution in [1.29, 1.82) is 0 Å². The average Bonchev–Trinajstić information content (AvgIpc) is 2.79. The number of rotatable bonds is 1. The summed E-state index contributed by atoms with van der Waals surface area (Å²) in [5, 5.41) is 2.62. The molecule has 1 aliphatic carbocycles. The third kappa shape index (κ3) is 2.51. The second-order valence-corrected chi connectivity index (χ2v) is 8.79. The van der Waals surface area contributed by atoms with Crippen molar-refractivity contribution in [3.05, 3.63) is 0 Å². The van der Waals surface area contributed by atoms with E-state index in [0.717, 1.165) is 17.9 Å². The van der Waals surface area contributed by atoms with Crippen molar-refractivity contribution in [2.24, 2.45) is 22.7 Å². The van der Waals surface area contributed by atoms with Gasteiger partial charge in [0.1, 0.15) is 0 Å². The van der Waals surface area contributed by atoms with Gasteiger partial charge in [-0.15, -0.1) is 0 Å². The maximum absolute atomic E-state index is 12.5. The van der Waals surface area contributed by atoms with Crippen LogP contribution < -0.4 is 5.32 Å². The molecule has 2 unspecified atom stereocenters. The lowest BCUT2D eigenvalue weighted by Gasteiger charge is -2.51. The number of carbonyl (C=O) groups is 2. The van der Waals surface area contributed by atoms with Crippen LogP contribution in [0.4, 0.5) is 0 Å². The van der Waals surface area contributed by atoms with E-state index in [2.05, 4.69) is 19.2 Å². The van der Waals surface area contributed by atoms with Gasteiger partial charge in [-0.3, -0.25) is 14.9 Å². The Labute approximate surface area is 125 Å². The molecule has 20 heavy (non-hydrogen) atoms. The Morgan fingerprint density at radius 3 is 2.50 bits per heavy atom. The minimum atomic E-state index is -0.0825. The molecule has 1 saturated carbocycles. The first-order valence-electron chi connectivity index (χ1n) is 7.83. The zero-order valence-corrected chi connectivity index (χ0v) is 13.4. The van der Waals surface area contributed by atoms with Crippen molar-refractivity contribution in [1.82, 2.24) is 5.32 Å². The van der Waals surface area contributed by atoms with Crippen LogP contribution in [-0.4, -0.2) is 23.3 Å². The van der Waals surface area contributed by atoms with Crippen LogP contribution in [-0.2, 0) is 9.59 Å². The molecular formula is C16H25NO2S. The molecule has 1 spiro atoms. The molecule has 0 aromatic carbocycles. The molecule has 2 heterocycles. The fraction of sp³-hybridized carbons (Fsp3) is 0.875. The largest absolute Gasteiger partial charge is 0.296 e. The minimum absolute atomic E-state index is 0.0199. The standard InChI is InChI=1S/C16H25NO2S/c1-15(2)8-16(10-20-9-15)7-12(18)17-14(19)13(16)11-5-3-4-6-11/h11,13H,3-10H2,1-2H3,(H,17,18,19). The number of carbonyl (C=O) groups excluding carboxylic acids is 2. The molecule has 4 heteroatoms. The quantitative estimate of drug-likeness (QED) is 0.756. The molecule has 0 aromatic rings. The molecule has 2 aliphatic heterocycles. The van der Waals surface area contributed by atoms with E-state index < -0.39 is 0 Å². The number of piperidine rings is 1. The van der Waals surface area contributed by atoms with Gasteiger partial charge in [0.05, 0.1) is 0 Å². The number of imide groups is 1. The maximum atomic E-state index is 12.5. The highest BCUT2D eigenvalue weighted by atomic mass is 32.2. The summed E-state index contributed by atoms with van der Waals surface area (Å²) in [6.07, 6.45) is 6.39. The second-order valence-electron chi connectivity index (χ2n) is 7.81. The second kappa shape index (κ2) is 5.04. The zero-order chi connectivity index (χ0) is 14.4. The van der Waals surface area contributed by atoms with Crippen LogP contribution >= 0.6 is 11.8 Å². The van der Waals surface area contributed by atoms with Crippen LogP contribution in [0, 0.1) is 22.7 Å². The van der Waals surface area contributed by atoms with Crippen LogP contribution in [0.15, 0.2) is 0 Å². The number of thioether (sulfide) groups is 1. The van der Waals surface area contributed by atoms with E-state index in [-0.39, 0.29) is 28.6 Å². The summed E-state index contributed by atoms with van der Waals surface area (Å²) in [4.78, 5) is 24.5. The smallest absolute Gasteiger partial charge is 0.230 e. The predicted molar refractivity (Wildman–Crippen MR) is 81.4 cm³/mol. The van der Waals surface area contributed by atoms with Crippen molar-refractivity contribution in [2.45, 2.75) is 52.4 Å². The van der Waals surface area contributed by atoms with Crippen LogP contribution in [0.1, 0.15) is 52.4 Å². The zero-order valence-electron chi connectivity index (χ0n) is 12.5. The van der Waals surface area contributed by atoms with E-state index in [4.69, 9.17) is 0 Å². The lowest BCUT2D eigenvalue weighted by molar-refractivity contribution is -0.147. The Bertz CT molecular complexity index is 428. The Kier molecular flexibility index (Phi) is 3.64. The molecule has 3 nitrogen and oxygen atoms in total. The predicted octanol–water partition coefficient (Wildman–Crippen LogP) is 2.99. The van der Waals surface area contributed by atoms with Crippen molar-refractivity contribution < 1.29 is 9.59 Å². The first-order valence-corrected chi connectivity index (χ1v) is 8.99. The maximum Gasteiger partial charge on any atom is 0.230 e. The van der Waals surface area contributed by atoms with Gasteiger partial charge in [0.25, 0.3) is 0 Å². The van der Waals surface area contributed by atoms with Crippen molar-refractivity contribution in [3.8, 4) is 0 Å². The van der Waals surface area contributed by atoms with Gasteiger partial charge in [0.2, 0.25) is 11.8 Å². The summed E-state index contributed by atoms with van der Waals surface area (Å²) in [6.45, 7) is 4.56. The summed E-state index contributed by atoms with van der Waals surface area (Å²) >= 11 is 1.94. The Balaban J connectivity index is 1.94. The lowest BCUT2D eigenvalue weighted by Crippen LogP contribution is -2.58. The Hall–Kier alpha value is -0.510. The van der Waals surface area contributed by atoms with Gasteiger partial charge in [-0.05, 0) is 36.3 Å². The third-order valence-corrected chi connectivity index (χ3v) is 7.07. The fourth-order valence-corrected chi connectivity index (χ4v) is 6.42. The molecule has 3 rings (SSSR count). The SMILES string of the molecule is CC1(C)CSCC2(CC(=O)NC(=O)C2C2CCCC2)C1. The van der Waals surface area contributed by atoms with E-state index in [1.165, 1.54) is 25.7 Å². The highest BCUT2D eigenvalue weighted by molar-refractivity contribution is 7.99. The Morgan fingerprint density at radius 2 is 1.85 bits per heavy atom. The highest BCUT2D eigenvalue weighted by Gasteiger charge is 2.55. The molecule has 0 radical (unpaired) electrons. The van der Waals surface area contributed by atoms with Gasteiger partial charge < -0.3 is 0 Å². The number of hydrogen-bond acceptors (Lipinski definition) is 3. The normalized spacial score (nSPS) is 38.2. The van der Waals surface area contributed by atoms with Gasteiger partial charge in [0.15, 0.2) is 0 Å².